The van der Waals surface area contributed by atoms with Crippen LogP contribution in [0.2, 0.25) is 0 Å². The fourth-order valence-corrected chi connectivity index (χ4v) is 1.42. The van der Waals surface area contributed by atoms with Gasteiger partial charge < -0.3 is 11.1 Å². The Balaban J connectivity index is 2.56. The van der Waals surface area contributed by atoms with Crippen molar-refractivity contribution in [2.24, 2.45) is 5.73 Å². The van der Waals surface area contributed by atoms with Crippen molar-refractivity contribution in [3.05, 3.63) is 0 Å². The Labute approximate surface area is 69.3 Å². The Morgan fingerprint density at radius 2 is 1.67 bits per heavy atom. The quantitative estimate of drug-likeness (QED) is 0.658. The van der Waals surface area contributed by atoms with Crippen molar-refractivity contribution >= 4 is 0 Å². The summed E-state index contributed by atoms with van der Waals surface area (Å²) < 4.78 is 36.9. The van der Waals surface area contributed by atoms with Crippen LogP contribution >= 0.6 is 0 Å². The first-order chi connectivity index (χ1) is 5.56. The summed E-state index contributed by atoms with van der Waals surface area (Å²) in [6, 6.07) is 0. The topological polar surface area (TPSA) is 38.0 Å². The van der Waals surface area contributed by atoms with Crippen molar-refractivity contribution in [2.75, 3.05) is 13.1 Å². The maximum absolute atomic E-state index is 12.9. The normalized spacial score (nSPS) is 25.8. The highest BCUT2D eigenvalue weighted by atomic mass is 19.3. The molecule has 3 N–H and O–H groups in total. The maximum Gasteiger partial charge on any atom is 0.271 e. The summed E-state index contributed by atoms with van der Waals surface area (Å²) in [5, 5.41) is 2.94. The molecular weight excluding hydrogens is 169 g/mol. The molecule has 0 bridgehead atoms. The van der Waals surface area contributed by atoms with Gasteiger partial charge in [-0.15, -0.1) is 0 Å². The first-order valence-corrected chi connectivity index (χ1v) is 3.98. The lowest BCUT2D eigenvalue weighted by Gasteiger charge is -2.36. The molecule has 1 saturated heterocycles. The summed E-state index contributed by atoms with van der Waals surface area (Å²) in [4.78, 5) is 0. The molecule has 5 heteroatoms. The molecule has 1 aliphatic heterocycles. The molecule has 0 aromatic heterocycles. The summed E-state index contributed by atoms with van der Waals surface area (Å²) in [6.07, 6.45) is -4.61. The molecule has 1 heterocycles. The fourth-order valence-electron chi connectivity index (χ4n) is 1.42. The Hall–Kier alpha value is -0.290. The van der Waals surface area contributed by atoms with Gasteiger partial charge in [-0.2, -0.15) is 0 Å². The van der Waals surface area contributed by atoms with Gasteiger partial charge in [0.25, 0.3) is 6.43 Å². The third kappa shape index (κ3) is 1.90. The summed E-state index contributed by atoms with van der Waals surface area (Å²) in [5.41, 5.74) is 4.19. The van der Waals surface area contributed by atoms with E-state index in [1.165, 1.54) is 0 Å². The smallest absolute Gasteiger partial charge is 0.271 e. The number of nitrogens with two attached hydrogens (primary N) is 1. The van der Waals surface area contributed by atoms with Crippen LogP contribution in [0.4, 0.5) is 13.2 Å². The minimum atomic E-state index is -2.96. The molecule has 12 heavy (non-hydrogen) atoms. The molecule has 1 fully saturated rings. The van der Waals surface area contributed by atoms with Gasteiger partial charge in [-0.1, -0.05) is 0 Å². The zero-order valence-electron chi connectivity index (χ0n) is 6.69. The molecule has 0 amide bonds. The Kier molecular flexibility index (Phi) is 2.95. The largest absolute Gasteiger partial charge is 0.322 e. The van der Waals surface area contributed by atoms with Gasteiger partial charge in [-0.25, -0.2) is 13.2 Å². The Bertz CT molecular complexity index is 146. The van der Waals surface area contributed by atoms with Crippen LogP contribution in [0, 0.1) is 0 Å². The van der Waals surface area contributed by atoms with E-state index in [0.29, 0.717) is 13.1 Å². The maximum atomic E-state index is 12.9. The zero-order chi connectivity index (χ0) is 9.19. The van der Waals surface area contributed by atoms with Crippen LogP contribution in [-0.2, 0) is 0 Å². The molecule has 0 aromatic rings. The van der Waals surface area contributed by atoms with E-state index in [1.807, 2.05) is 0 Å². The van der Waals surface area contributed by atoms with Gasteiger partial charge in [0.1, 0.15) is 0 Å². The third-order valence-electron chi connectivity index (χ3n) is 2.30. The van der Waals surface area contributed by atoms with Crippen LogP contribution in [0.1, 0.15) is 12.8 Å². The summed E-state index contributed by atoms with van der Waals surface area (Å²) in [7, 11) is 0. The predicted molar refractivity (Wildman–Crippen MR) is 39.9 cm³/mol. The van der Waals surface area contributed by atoms with Crippen LogP contribution < -0.4 is 11.1 Å². The van der Waals surface area contributed by atoms with Crippen molar-refractivity contribution in [3.63, 3.8) is 0 Å². The van der Waals surface area contributed by atoms with E-state index in [2.05, 4.69) is 5.32 Å². The number of alkyl halides is 3. The van der Waals surface area contributed by atoms with Gasteiger partial charge in [0.2, 0.25) is 0 Å². The number of halogens is 3. The summed E-state index contributed by atoms with van der Waals surface area (Å²) >= 11 is 0. The minimum absolute atomic E-state index is 0.276. The first-order valence-electron chi connectivity index (χ1n) is 3.98. The van der Waals surface area contributed by atoms with Gasteiger partial charge in [0.05, 0.1) is 5.54 Å². The molecule has 1 rings (SSSR count). The third-order valence-corrected chi connectivity index (χ3v) is 2.30. The van der Waals surface area contributed by atoms with Gasteiger partial charge in [-0.3, -0.25) is 0 Å². The van der Waals surface area contributed by atoms with E-state index in [0.717, 1.165) is 0 Å². The van der Waals surface area contributed by atoms with E-state index in [4.69, 9.17) is 5.73 Å². The lowest BCUT2D eigenvalue weighted by Crippen LogP contribution is -2.57. The van der Waals surface area contributed by atoms with Crippen molar-refractivity contribution in [3.8, 4) is 0 Å². The van der Waals surface area contributed by atoms with Gasteiger partial charge in [0.15, 0.2) is 6.17 Å². The summed E-state index contributed by atoms with van der Waals surface area (Å²) in [6.45, 7) is 1.03. The molecule has 72 valence electrons. The van der Waals surface area contributed by atoms with Gasteiger partial charge >= 0.3 is 0 Å². The van der Waals surface area contributed by atoms with Crippen LogP contribution in [0.15, 0.2) is 0 Å². The Morgan fingerprint density at radius 1 is 1.17 bits per heavy atom. The van der Waals surface area contributed by atoms with Crippen molar-refractivity contribution in [1.82, 2.24) is 5.32 Å². The standard InChI is InChI=1S/C7H13F3N2/c8-5(6(9)10)7(11)1-3-12-4-2-7/h5-6,12H,1-4,11H2. The van der Waals surface area contributed by atoms with E-state index in [-0.39, 0.29) is 12.8 Å². The molecule has 2 nitrogen and oxygen atoms in total. The number of nitrogens with one attached hydrogen (secondary N) is 1. The lowest BCUT2D eigenvalue weighted by molar-refractivity contribution is -0.00560. The molecule has 0 spiro atoms. The fraction of sp³-hybridized carbons (Fsp3) is 1.00. The second kappa shape index (κ2) is 3.62. The van der Waals surface area contributed by atoms with Crippen molar-refractivity contribution in [2.45, 2.75) is 31.0 Å². The molecule has 0 aliphatic carbocycles. The SMILES string of the molecule is NC1(C(F)C(F)F)CCNCC1. The van der Waals surface area contributed by atoms with Gasteiger partial charge in [0, 0.05) is 0 Å². The lowest BCUT2D eigenvalue weighted by atomic mass is 9.85. The number of hydrogen-bond acceptors (Lipinski definition) is 2. The van der Waals surface area contributed by atoms with Crippen LogP contribution in [0.5, 0.6) is 0 Å². The van der Waals surface area contributed by atoms with Crippen LogP contribution in [-0.4, -0.2) is 31.2 Å². The first kappa shape index (κ1) is 9.80. The second-order valence-corrected chi connectivity index (χ2v) is 3.22. The summed E-state index contributed by atoms with van der Waals surface area (Å²) in [5.74, 6) is 0. The number of rotatable bonds is 2. The van der Waals surface area contributed by atoms with E-state index in [9.17, 15) is 13.2 Å². The molecule has 1 atom stereocenters. The average Bonchev–Trinajstić information content (AvgIpc) is 2.04. The van der Waals surface area contributed by atoms with E-state index in [1.54, 1.807) is 0 Å². The Morgan fingerprint density at radius 3 is 2.08 bits per heavy atom. The molecule has 0 saturated carbocycles. The average molecular weight is 182 g/mol. The monoisotopic (exact) mass is 182 g/mol. The van der Waals surface area contributed by atoms with Crippen LogP contribution in [0.25, 0.3) is 0 Å². The minimum Gasteiger partial charge on any atom is -0.322 e. The van der Waals surface area contributed by atoms with Crippen molar-refractivity contribution < 1.29 is 13.2 Å². The number of hydrogen-bond donors (Lipinski definition) is 2. The van der Waals surface area contributed by atoms with Crippen molar-refractivity contribution in [1.29, 1.82) is 0 Å². The predicted octanol–water partition coefficient (Wildman–Crippen LogP) is 0.670. The molecule has 0 aromatic carbocycles. The second-order valence-electron chi connectivity index (χ2n) is 3.22. The molecule has 1 unspecified atom stereocenters. The van der Waals surface area contributed by atoms with E-state index < -0.39 is 18.1 Å². The molecule has 1 aliphatic rings. The zero-order valence-corrected chi connectivity index (χ0v) is 6.69. The van der Waals surface area contributed by atoms with E-state index >= 15 is 0 Å². The highest BCUT2D eigenvalue weighted by Crippen LogP contribution is 2.26. The molecule has 0 radical (unpaired) electrons. The van der Waals surface area contributed by atoms with Gasteiger partial charge in [-0.05, 0) is 25.9 Å². The highest BCUT2D eigenvalue weighted by molar-refractivity contribution is 4.96. The molecular formula is C7H13F3N2. The van der Waals surface area contributed by atoms with Crippen LogP contribution in [0.3, 0.4) is 0 Å². The highest BCUT2D eigenvalue weighted by Gasteiger charge is 2.41. The number of piperidine rings is 1.